The van der Waals surface area contributed by atoms with Crippen LogP contribution in [-0.2, 0) is 6.54 Å². The van der Waals surface area contributed by atoms with Crippen LogP contribution in [0.25, 0.3) is 0 Å². The molecule has 2 aromatic rings. The lowest BCUT2D eigenvalue weighted by Gasteiger charge is -2.27. The minimum Gasteiger partial charge on any atom is -0.329 e. The lowest BCUT2D eigenvalue weighted by atomic mass is 10.1. The highest BCUT2D eigenvalue weighted by molar-refractivity contribution is 9.10. The van der Waals surface area contributed by atoms with Crippen molar-refractivity contribution in [2.75, 3.05) is 13.6 Å². The lowest BCUT2D eigenvalue weighted by molar-refractivity contribution is 0.241. The van der Waals surface area contributed by atoms with Crippen LogP contribution in [0.3, 0.4) is 0 Å². The third-order valence-electron chi connectivity index (χ3n) is 3.17. The van der Waals surface area contributed by atoms with E-state index in [-0.39, 0.29) is 6.04 Å². The van der Waals surface area contributed by atoms with Crippen molar-refractivity contribution in [3.63, 3.8) is 0 Å². The Morgan fingerprint density at radius 3 is 2.63 bits per heavy atom. The molecule has 1 aromatic carbocycles. The van der Waals surface area contributed by atoms with Gasteiger partial charge >= 0.3 is 0 Å². The number of halogens is 1. The Morgan fingerprint density at radius 1 is 1.26 bits per heavy atom. The second-order valence-electron chi connectivity index (χ2n) is 4.58. The summed E-state index contributed by atoms with van der Waals surface area (Å²) in [6.45, 7) is 1.45. The summed E-state index contributed by atoms with van der Waals surface area (Å²) < 4.78 is 1.08. The molecular formula is C15H18BrN3. The van der Waals surface area contributed by atoms with E-state index in [0.717, 1.165) is 11.0 Å². The van der Waals surface area contributed by atoms with Crippen molar-refractivity contribution in [1.82, 2.24) is 9.88 Å². The van der Waals surface area contributed by atoms with E-state index in [1.54, 1.807) is 0 Å². The van der Waals surface area contributed by atoms with Crippen molar-refractivity contribution in [1.29, 1.82) is 0 Å². The first-order valence-corrected chi connectivity index (χ1v) is 7.04. The highest BCUT2D eigenvalue weighted by Gasteiger charge is 2.15. The van der Waals surface area contributed by atoms with Crippen molar-refractivity contribution in [2.24, 2.45) is 5.73 Å². The van der Waals surface area contributed by atoms with Crippen LogP contribution in [0, 0.1) is 0 Å². The van der Waals surface area contributed by atoms with Gasteiger partial charge in [-0.25, -0.2) is 0 Å². The van der Waals surface area contributed by atoms with Gasteiger partial charge in [0.15, 0.2) is 0 Å². The maximum atomic E-state index is 5.94. The van der Waals surface area contributed by atoms with E-state index >= 15 is 0 Å². The van der Waals surface area contributed by atoms with Crippen LogP contribution >= 0.6 is 15.9 Å². The number of hydrogen-bond acceptors (Lipinski definition) is 3. The van der Waals surface area contributed by atoms with Gasteiger partial charge in [-0.05, 0) is 42.4 Å². The van der Waals surface area contributed by atoms with Crippen LogP contribution < -0.4 is 5.73 Å². The number of likely N-dealkylation sites (N-methyl/N-ethyl adjacent to an activating group) is 1. The van der Waals surface area contributed by atoms with E-state index in [9.17, 15) is 0 Å². The molecule has 1 unspecified atom stereocenters. The monoisotopic (exact) mass is 319 g/mol. The molecule has 0 fully saturated rings. The molecule has 3 nitrogen and oxygen atoms in total. The largest absolute Gasteiger partial charge is 0.329 e. The third kappa shape index (κ3) is 3.86. The molecular weight excluding hydrogens is 302 g/mol. The zero-order valence-electron chi connectivity index (χ0n) is 11.0. The molecule has 0 spiro atoms. The van der Waals surface area contributed by atoms with Gasteiger partial charge in [0, 0.05) is 36.0 Å². The molecule has 0 radical (unpaired) electrons. The molecule has 0 saturated carbocycles. The van der Waals surface area contributed by atoms with Crippen LogP contribution in [0.5, 0.6) is 0 Å². The van der Waals surface area contributed by atoms with Crippen molar-refractivity contribution >= 4 is 15.9 Å². The maximum absolute atomic E-state index is 5.94. The van der Waals surface area contributed by atoms with E-state index < -0.39 is 0 Å². The molecule has 0 bridgehead atoms. The Bertz CT molecular complexity index is 516. The number of hydrogen-bond donors (Lipinski definition) is 1. The van der Waals surface area contributed by atoms with E-state index in [2.05, 4.69) is 45.0 Å². The molecule has 1 heterocycles. The second-order valence-corrected chi connectivity index (χ2v) is 5.49. The minimum absolute atomic E-state index is 0.214. The Balaban J connectivity index is 2.13. The summed E-state index contributed by atoms with van der Waals surface area (Å²) in [5, 5.41) is 0. The average molecular weight is 320 g/mol. The van der Waals surface area contributed by atoms with Gasteiger partial charge in [0.25, 0.3) is 0 Å². The Kier molecular flexibility index (Phi) is 5.07. The first-order chi connectivity index (χ1) is 9.20. The standard InChI is InChI=1S/C15H18BrN3/c1-19(11-12-5-7-18-8-6-12)15(10-17)13-3-2-4-14(16)9-13/h2-9,15H,10-11,17H2,1H3. The number of nitrogens with two attached hydrogens (primary N) is 1. The maximum Gasteiger partial charge on any atom is 0.0471 e. The average Bonchev–Trinajstić information content (AvgIpc) is 2.41. The van der Waals surface area contributed by atoms with Crippen LogP contribution in [-0.4, -0.2) is 23.5 Å². The van der Waals surface area contributed by atoms with Gasteiger partial charge in [-0.2, -0.15) is 0 Å². The van der Waals surface area contributed by atoms with Crippen molar-refractivity contribution < 1.29 is 0 Å². The SMILES string of the molecule is CN(Cc1ccncc1)C(CN)c1cccc(Br)c1. The fraction of sp³-hybridized carbons (Fsp3) is 0.267. The number of aromatic nitrogens is 1. The molecule has 0 aliphatic rings. The number of rotatable bonds is 5. The molecule has 0 amide bonds. The van der Waals surface area contributed by atoms with Crippen LogP contribution in [0.2, 0.25) is 0 Å². The Morgan fingerprint density at radius 2 is 2.00 bits per heavy atom. The van der Waals surface area contributed by atoms with E-state index in [4.69, 9.17) is 5.73 Å². The quantitative estimate of drug-likeness (QED) is 0.921. The van der Waals surface area contributed by atoms with Crippen molar-refractivity contribution in [2.45, 2.75) is 12.6 Å². The van der Waals surface area contributed by atoms with Crippen molar-refractivity contribution in [3.05, 3.63) is 64.4 Å². The zero-order chi connectivity index (χ0) is 13.7. The summed E-state index contributed by atoms with van der Waals surface area (Å²) in [4.78, 5) is 6.30. The molecule has 2 N–H and O–H groups in total. The zero-order valence-corrected chi connectivity index (χ0v) is 12.5. The molecule has 2 rings (SSSR count). The summed E-state index contributed by atoms with van der Waals surface area (Å²) in [6.07, 6.45) is 3.64. The van der Waals surface area contributed by atoms with Gasteiger partial charge in [0.1, 0.15) is 0 Å². The predicted octanol–water partition coefficient (Wildman–Crippen LogP) is 2.98. The summed E-state index contributed by atoms with van der Waals surface area (Å²) >= 11 is 3.51. The fourth-order valence-corrected chi connectivity index (χ4v) is 2.59. The van der Waals surface area contributed by atoms with Gasteiger partial charge in [0.2, 0.25) is 0 Å². The molecule has 0 aliphatic heterocycles. The van der Waals surface area contributed by atoms with Gasteiger partial charge in [-0.3, -0.25) is 9.88 Å². The first kappa shape index (κ1) is 14.2. The Hall–Kier alpha value is -1.23. The molecule has 0 saturated heterocycles. The lowest BCUT2D eigenvalue weighted by Crippen LogP contribution is -2.30. The molecule has 4 heteroatoms. The van der Waals surface area contributed by atoms with Gasteiger partial charge in [0.05, 0.1) is 0 Å². The van der Waals surface area contributed by atoms with E-state index in [0.29, 0.717) is 6.54 Å². The summed E-state index contributed by atoms with van der Waals surface area (Å²) in [5.41, 5.74) is 8.41. The number of benzene rings is 1. The molecule has 19 heavy (non-hydrogen) atoms. The fourth-order valence-electron chi connectivity index (χ4n) is 2.17. The smallest absolute Gasteiger partial charge is 0.0471 e. The van der Waals surface area contributed by atoms with Crippen LogP contribution in [0.4, 0.5) is 0 Å². The Labute approximate surface area is 122 Å². The van der Waals surface area contributed by atoms with Gasteiger partial charge in [-0.1, -0.05) is 28.1 Å². The van der Waals surface area contributed by atoms with Gasteiger partial charge in [-0.15, -0.1) is 0 Å². The molecule has 1 atom stereocenters. The molecule has 100 valence electrons. The van der Waals surface area contributed by atoms with Crippen molar-refractivity contribution in [3.8, 4) is 0 Å². The predicted molar refractivity (Wildman–Crippen MR) is 81.6 cm³/mol. The molecule has 1 aromatic heterocycles. The summed E-state index contributed by atoms with van der Waals surface area (Å²) in [6, 6.07) is 12.6. The van der Waals surface area contributed by atoms with E-state index in [1.807, 2.05) is 36.7 Å². The number of pyridine rings is 1. The topological polar surface area (TPSA) is 42.2 Å². The van der Waals surface area contributed by atoms with Crippen LogP contribution in [0.15, 0.2) is 53.3 Å². The minimum atomic E-state index is 0.214. The normalized spacial score (nSPS) is 12.6. The number of nitrogens with zero attached hydrogens (tertiary/aromatic N) is 2. The third-order valence-corrected chi connectivity index (χ3v) is 3.66. The van der Waals surface area contributed by atoms with E-state index in [1.165, 1.54) is 11.1 Å². The summed E-state index contributed by atoms with van der Waals surface area (Å²) in [5.74, 6) is 0. The van der Waals surface area contributed by atoms with Crippen LogP contribution in [0.1, 0.15) is 17.2 Å². The highest BCUT2D eigenvalue weighted by atomic mass is 79.9. The second kappa shape index (κ2) is 6.80. The highest BCUT2D eigenvalue weighted by Crippen LogP contribution is 2.23. The molecule has 0 aliphatic carbocycles. The summed E-state index contributed by atoms with van der Waals surface area (Å²) in [7, 11) is 2.10. The first-order valence-electron chi connectivity index (χ1n) is 6.25. The van der Waals surface area contributed by atoms with Gasteiger partial charge < -0.3 is 5.73 Å².